The summed E-state index contributed by atoms with van der Waals surface area (Å²) in [7, 11) is 1.67. The standard InChI is InChI=1S/C29H26ClNO5/c1-33-25-6-3-2-5-24(25)23(21-10-13-26-28(17-21)36-19-35-26)14-15-31(29(32)27-7-4-16-34-27)18-20-8-11-22(30)12-9-20/h2-13,16-17,23H,14-15,18-19H2,1H3/t23-/m1/s1. The summed E-state index contributed by atoms with van der Waals surface area (Å²) >= 11 is 6.07. The zero-order valence-electron chi connectivity index (χ0n) is 19.9. The fourth-order valence-corrected chi connectivity index (χ4v) is 4.62. The second-order valence-corrected chi connectivity index (χ2v) is 8.96. The third-order valence-electron chi connectivity index (χ3n) is 6.31. The van der Waals surface area contributed by atoms with E-state index in [1.165, 1.54) is 6.26 Å². The molecule has 3 aromatic carbocycles. The number of fused-ring (bicyclic) bond motifs is 1. The van der Waals surface area contributed by atoms with Crippen LogP contribution in [-0.2, 0) is 6.54 Å². The Bertz CT molecular complexity index is 1320. The van der Waals surface area contributed by atoms with Crippen molar-refractivity contribution in [2.24, 2.45) is 0 Å². The molecule has 0 bridgehead atoms. The number of halogens is 1. The summed E-state index contributed by atoms with van der Waals surface area (Å²) in [6.07, 6.45) is 2.16. The monoisotopic (exact) mass is 503 g/mol. The molecule has 0 radical (unpaired) electrons. The molecule has 4 aromatic rings. The summed E-state index contributed by atoms with van der Waals surface area (Å²) in [5, 5.41) is 0.654. The van der Waals surface area contributed by atoms with Crippen molar-refractivity contribution in [2.45, 2.75) is 18.9 Å². The smallest absolute Gasteiger partial charge is 0.289 e. The van der Waals surface area contributed by atoms with E-state index < -0.39 is 0 Å². The number of para-hydroxylation sites is 1. The maximum atomic E-state index is 13.4. The van der Waals surface area contributed by atoms with Crippen LogP contribution in [0.15, 0.2) is 89.5 Å². The molecule has 2 heterocycles. The van der Waals surface area contributed by atoms with Crippen molar-refractivity contribution in [3.05, 3.63) is 113 Å². The quantitative estimate of drug-likeness (QED) is 0.260. The van der Waals surface area contributed by atoms with Gasteiger partial charge in [-0.25, -0.2) is 0 Å². The Labute approximate surface area is 215 Å². The Kier molecular flexibility index (Phi) is 7.14. The van der Waals surface area contributed by atoms with Crippen molar-refractivity contribution in [2.75, 3.05) is 20.4 Å². The van der Waals surface area contributed by atoms with E-state index in [-0.39, 0.29) is 18.6 Å². The van der Waals surface area contributed by atoms with E-state index in [1.54, 1.807) is 24.1 Å². The van der Waals surface area contributed by atoms with Gasteiger partial charge in [-0.1, -0.05) is 48.0 Å². The van der Waals surface area contributed by atoms with Gasteiger partial charge in [0.05, 0.1) is 13.4 Å². The number of carbonyl (C=O) groups is 1. The number of amides is 1. The van der Waals surface area contributed by atoms with Crippen molar-refractivity contribution in [3.8, 4) is 17.2 Å². The lowest BCUT2D eigenvalue weighted by Gasteiger charge is -2.26. The average molecular weight is 504 g/mol. The topological polar surface area (TPSA) is 61.1 Å². The first-order valence-corrected chi connectivity index (χ1v) is 12.1. The number of methoxy groups -OCH3 is 1. The fraction of sp³-hybridized carbons (Fsp3) is 0.207. The van der Waals surface area contributed by atoms with E-state index in [1.807, 2.05) is 60.7 Å². The van der Waals surface area contributed by atoms with Crippen LogP contribution in [0.1, 0.15) is 39.6 Å². The van der Waals surface area contributed by atoms with E-state index in [2.05, 4.69) is 6.07 Å². The lowest BCUT2D eigenvalue weighted by molar-refractivity contribution is 0.0707. The molecule has 1 atom stereocenters. The number of furan rings is 1. The minimum absolute atomic E-state index is 0.0484. The summed E-state index contributed by atoms with van der Waals surface area (Å²) in [5.74, 6) is 2.34. The first kappa shape index (κ1) is 23.8. The van der Waals surface area contributed by atoms with Crippen LogP contribution in [0.4, 0.5) is 0 Å². The van der Waals surface area contributed by atoms with E-state index in [0.717, 1.165) is 33.9 Å². The number of rotatable bonds is 9. The van der Waals surface area contributed by atoms with Crippen molar-refractivity contribution < 1.29 is 23.4 Å². The summed E-state index contributed by atoms with van der Waals surface area (Å²) in [6.45, 7) is 1.13. The fourth-order valence-electron chi connectivity index (χ4n) is 4.49. The number of ether oxygens (including phenoxy) is 3. The minimum Gasteiger partial charge on any atom is -0.496 e. The summed E-state index contributed by atoms with van der Waals surface area (Å²) in [6, 6.07) is 24.9. The van der Waals surface area contributed by atoms with Crippen LogP contribution < -0.4 is 14.2 Å². The first-order chi connectivity index (χ1) is 17.6. The molecule has 0 aliphatic carbocycles. The Hall–Kier alpha value is -3.90. The van der Waals surface area contributed by atoms with Crippen molar-refractivity contribution in [3.63, 3.8) is 0 Å². The number of benzene rings is 3. The lowest BCUT2D eigenvalue weighted by atomic mass is 9.87. The van der Waals surface area contributed by atoms with Gasteiger partial charge in [-0.15, -0.1) is 0 Å². The Balaban J connectivity index is 1.46. The highest BCUT2D eigenvalue weighted by atomic mass is 35.5. The lowest BCUT2D eigenvalue weighted by Crippen LogP contribution is -2.32. The van der Waals surface area contributed by atoms with Crippen LogP contribution in [0.25, 0.3) is 0 Å². The van der Waals surface area contributed by atoms with Gasteiger partial charge in [-0.05, 0) is 60.0 Å². The van der Waals surface area contributed by atoms with Gasteiger partial charge < -0.3 is 23.5 Å². The zero-order chi connectivity index (χ0) is 24.9. The van der Waals surface area contributed by atoms with Crippen LogP contribution in [0.2, 0.25) is 5.02 Å². The van der Waals surface area contributed by atoms with Crippen molar-refractivity contribution in [1.29, 1.82) is 0 Å². The van der Waals surface area contributed by atoms with Crippen LogP contribution in [0.3, 0.4) is 0 Å². The Morgan fingerprint density at radius 1 is 1.00 bits per heavy atom. The molecule has 1 aliphatic heterocycles. The van der Waals surface area contributed by atoms with Crippen LogP contribution in [-0.4, -0.2) is 31.3 Å². The Morgan fingerprint density at radius 3 is 2.58 bits per heavy atom. The molecule has 1 aromatic heterocycles. The number of hydrogen-bond donors (Lipinski definition) is 0. The summed E-state index contributed by atoms with van der Waals surface area (Å²) < 4.78 is 22.3. The third-order valence-corrected chi connectivity index (χ3v) is 6.56. The Morgan fingerprint density at radius 2 is 1.81 bits per heavy atom. The average Bonchev–Trinajstić information content (AvgIpc) is 3.61. The van der Waals surface area contributed by atoms with Crippen molar-refractivity contribution in [1.82, 2.24) is 4.90 Å². The van der Waals surface area contributed by atoms with E-state index in [4.69, 9.17) is 30.2 Å². The van der Waals surface area contributed by atoms with Gasteiger partial charge >= 0.3 is 0 Å². The largest absolute Gasteiger partial charge is 0.496 e. The number of nitrogens with zero attached hydrogens (tertiary/aromatic N) is 1. The predicted molar refractivity (Wildman–Crippen MR) is 137 cm³/mol. The third kappa shape index (κ3) is 5.19. The molecule has 0 saturated carbocycles. The van der Waals surface area contributed by atoms with Crippen molar-refractivity contribution >= 4 is 17.5 Å². The van der Waals surface area contributed by atoms with Gasteiger partial charge in [0.2, 0.25) is 6.79 Å². The van der Waals surface area contributed by atoms with Crippen LogP contribution in [0, 0.1) is 0 Å². The molecule has 36 heavy (non-hydrogen) atoms. The molecule has 5 rings (SSSR count). The highest BCUT2D eigenvalue weighted by molar-refractivity contribution is 6.30. The number of hydrogen-bond acceptors (Lipinski definition) is 5. The maximum absolute atomic E-state index is 13.4. The van der Waals surface area contributed by atoms with Gasteiger partial charge in [0.15, 0.2) is 17.3 Å². The van der Waals surface area contributed by atoms with Crippen LogP contribution >= 0.6 is 11.6 Å². The summed E-state index contributed by atoms with van der Waals surface area (Å²) in [4.78, 5) is 15.2. The minimum atomic E-state index is -0.167. The SMILES string of the molecule is COc1ccccc1[C@H](CCN(Cc1ccc(Cl)cc1)C(=O)c1ccco1)c1ccc2c(c1)OCO2. The molecule has 1 amide bonds. The molecular formula is C29H26ClNO5. The van der Waals surface area contributed by atoms with Crippen LogP contribution in [0.5, 0.6) is 17.2 Å². The normalized spacial score (nSPS) is 12.8. The van der Waals surface area contributed by atoms with Gasteiger partial charge in [-0.2, -0.15) is 0 Å². The van der Waals surface area contributed by atoms with Gasteiger partial charge in [0, 0.05) is 29.6 Å². The second-order valence-electron chi connectivity index (χ2n) is 8.53. The molecule has 0 N–H and O–H groups in total. The molecular weight excluding hydrogens is 478 g/mol. The highest BCUT2D eigenvalue weighted by Crippen LogP contribution is 2.40. The van der Waals surface area contributed by atoms with E-state index >= 15 is 0 Å². The maximum Gasteiger partial charge on any atom is 0.289 e. The molecule has 184 valence electrons. The highest BCUT2D eigenvalue weighted by Gasteiger charge is 2.25. The first-order valence-electron chi connectivity index (χ1n) is 11.7. The zero-order valence-corrected chi connectivity index (χ0v) is 20.6. The van der Waals surface area contributed by atoms with Gasteiger partial charge in [0.1, 0.15) is 5.75 Å². The van der Waals surface area contributed by atoms with Gasteiger partial charge in [0.25, 0.3) is 5.91 Å². The molecule has 0 unspecified atom stereocenters. The molecule has 6 nitrogen and oxygen atoms in total. The van der Waals surface area contributed by atoms with E-state index in [0.29, 0.717) is 30.3 Å². The molecule has 0 spiro atoms. The number of carbonyl (C=O) groups excluding carboxylic acids is 1. The summed E-state index contributed by atoms with van der Waals surface area (Å²) in [5.41, 5.74) is 3.08. The predicted octanol–water partition coefficient (Wildman–Crippen LogP) is 6.53. The van der Waals surface area contributed by atoms with Gasteiger partial charge in [-0.3, -0.25) is 4.79 Å². The molecule has 0 fully saturated rings. The molecule has 0 saturated heterocycles. The van der Waals surface area contributed by atoms with E-state index in [9.17, 15) is 4.79 Å². The molecule has 1 aliphatic rings. The molecule has 7 heteroatoms. The second kappa shape index (κ2) is 10.8.